The van der Waals surface area contributed by atoms with Crippen molar-refractivity contribution in [3.05, 3.63) is 127 Å². The van der Waals surface area contributed by atoms with Gasteiger partial charge in [0.05, 0.1) is 0 Å². The van der Waals surface area contributed by atoms with E-state index in [1.165, 1.54) is 21.5 Å². The maximum atomic E-state index is 2.31. The molecule has 3 N–H and O–H groups in total. The van der Waals surface area contributed by atoms with Crippen molar-refractivity contribution in [1.82, 2.24) is 6.15 Å². The van der Waals surface area contributed by atoms with Crippen LogP contribution in [0.5, 0.6) is 0 Å². The molecular formula is C25H27ClNP. The van der Waals surface area contributed by atoms with Crippen molar-refractivity contribution in [2.24, 2.45) is 0 Å². The molecule has 0 amide bonds. The van der Waals surface area contributed by atoms with Crippen LogP contribution in [0.1, 0.15) is 5.56 Å². The zero-order valence-corrected chi connectivity index (χ0v) is 17.7. The number of benzene rings is 4. The first kappa shape index (κ1) is 21.9. The van der Waals surface area contributed by atoms with Crippen LogP contribution in [-0.2, 0) is 6.16 Å². The van der Waals surface area contributed by atoms with Crippen LogP contribution in [0.2, 0.25) is 0 Å². The van der Waals surface area contributed by atoms with Crippen LogP contribution in [0, 0.1) is 0 Å². The average Bonchev–Trinajstić information content (AvgIpc) is 2.75. The van der Waals surface area contributed by atoms with E-state index in [1.54, 1.807) is 0 Å². The van der Waals surface area contributed by atoms with Gasteiger partial charge in [-0.05, 0) is 0 Å². The molecule has 0 aliphatic rings. The van der Waals surface area contributed by atoms with Crippen molar-refractivity contribution < 1.29 is 0 Å². The molecule has 0 aliphatic carbocycles. The Kier molecular flexibility index (Phi) is 7.96. The van der Waals surface area contributed by atoms with E-state index < -0.39 is 7.26 Å². The van der Waals surface area contributed by atoms with Crippen LogP contribution in [0.3, 0.4) is 0 Å². The molecule has 4 rings (SSSR count). The van der Waals surface area contributed by atoms with Crippen LogP contribution in [0.25, 0.3) is 0 Å². The van der Waals surface area contributed by atoms with Gasteiger partial charge >= 0.3 is 156 Å². The zero-order valence-electron chi connectivity index (χ0n) is 15.9. The van der Waals surface area contributed by atoms with Crippen molar-refractivity contribution in [2.75, 3.05) is 0 Å². The first-order chi connectivity index (χ1) is 12.9. The molecule has 3 heteroatoms. The van der Waals surface area contributed by atoms with Crippen LogP contribution in [0.15, 0.2) is 121 Å². The molecule has 0 atom stereocenters. The molecule has 0 bridgehead atoms. The maximum absolute atomic E-state index is 2.31. The first-order valence-electron chi connectivity index (χ1n) is 9.10. The summed E-state index contributed by atoms with van der Waals surface area (Å²) < 4.78 is 0. The molecule has 0 fully saturated rings. The normalized spacial score (nSPS) is 11.0. The Bertz CT molecular complexity index is 848. The van der Waals surface area contributed by atoms with E-state index in [9.17, 15) is 0 Å². The third-order valence-corrected chi connectivity index (χ3v) is 10.0. The van der Waals surface area contributed by atoms with E-state index >= 15 is 0 Å². The minimum absolute atomic E-state index is 0. The summed E-state index contributed by atoms with van der Waals surface area (Å²) in [7, 11) is -2.16. The molecule has 4 aromatic rings. The average molecular weight is 408 g/mol. The van der Waals surface area contributed by atoms with Gasteiger partial charge in [-0.15, -0.1) is 12.4 Å². The summed E-state index contributed by atoms with van der Waals surface area (Å²) in [6.07, 6.45) is 1.06. The van der Waals surface area contributed by atoms with E-state index in [1.807, 2.05) is 0 Å². The number of hydrogen-bond acceptors (Lipinski definition) is 1. The molecule has 28 heavy (non-hydrogen) atoms. The van der Waals surface area contributed by atoms with Crippen LogP contribution < -0.4 is 22.1 Å². The van der Waals surface area contributed by atoms with Crippen LogP contribution in [0.4, 0.5) is 0 Å². The zero-order chi connectivity index (χ0) is 17.7. The Hall–Kier alpha value is -2.44. The summed E-state index contributed by atoms with van der Waals surface area (Å²) in [5.74, 6) is 0. The third-order valence-electron chi connectivity index (χ3n) is 5.11. The van der Waals surface area contributed by atoms with Crippen molar-refractivity contribution in [1.29, 1.82) is 0 Å². The molecule has 4 aromatic carbocycles. The molecule has 0 saturated heterocycles. The summed E-state index contributed by atoms with van der Waals surface area (Å²) in [5.41, 5.74) is 1.40. The summed E-state index contributed by atoms with van der Waals surface area (Å²) in [6.45, 7) is 0. The van der Waals surface area contributed by atoms with E-state index in [2.05, 4.69) is 121 Å². The molecular weight excluding hydrogens is 381 g/mol. The molecule has 0 unspecified atom stereocenters. The Balaban J connectivity index is 0.00000140. The van der Waals surface area contributed by atoms with Crippen LogP contribution in [-0.4, -0.2) is 0 Å². The Morgan fingerprint density at radius 3 is 1.04 bits per heavy atom. The summed E-state index contributed by atoms with van der Waals surface area (Å²) in [6, 6.07) is 44.2. The van der Waals surface area contributed by atoms with Gasteiger partial charge in [0.15, 0.2) is 0 Å². The third kappa shape index (κ3) is 4.34. The van der Waals surface area contributed by atoms with Gasteiger partial charge in [0.2, 0.25) is 0 Å². The van der Waals surface area contributed by atoms with Gasteiger partial charge < -0.3 is 6.15 Å². The van der Waals surface area contributed by atoms with Gasteiger partial charge in [-0.1, -0.05) is 0 Å². The van der Waals surface area contributed by atoms with Gasteiger partial charge in [0.1, 0.15) is 0 Å². The minimum atomic E-state index is -2.16. The molecule has 0 spiro atoms. The van der Waals surface area contributed by atoms with Gasteiger partial charge in [-0.25, -0.2) is 0 Å². The Morgan fingerprint density at radius 1 is 0.429 bits per heavy atom. The van der Waals surface area contributed by atoms with Crippen molar-refractivity contribution in [2.45, 2.75) is 6.16 Å². The number of halogens is 1. The number of hydrogen-bond donors (Lipinski definition) is 1. The van der Waals surface area contributed by atoms with Crippen molar-refractivity contribution in [3.63, 3.8) is 0 Å². The van der Waals surface area contributed by atoms with Gasteiger partial charge in [-0.2, -0.15) is 0 Å². The van der Waals surface area contributed by atoms with E-state index in [4.69, 9.17) is 0 Å². The summed E-state index contributed by atoms with van der Waals surface area (Å²) in [5, 5.41) is 4.38. The predicted molar refractivity (Wildman–Crippen MR) is 129 cm³/mol. The number of rotatable bonds is 5. The van der Waals surface area contributed by atoms with Gasteiger partial charge in [0, 0.05) is 0 Å². The predicted octanol–water partition coefficient (Wildman–Crippen LogP) is 5.50. The first-order valence-corrected chi connectivity index (χ1v) is 11.3. The van der Waals surface area contributed by atoms with Gasteiger partial charge in [0.25, 0.3) is 0 Å². The Labute approximate surface area is 174 Å². The van der Waals surface area contributed by atoms with Crippen molar-refractivity contribution >= 4 is 35.6 Å². The van der Waals surface area contributed by atoms with Gasteiger partial charge in [-0.3, -0.25) is 0 Å². The Morgan fingerprint density at radius 2 is 0.714 bits per heavy atom. The molecule has 1 nitrogen and oxygen atoms in total. The molecule has 0 saturated carbocycles. The standard InChI is InChI=1S/C25H23P.ClH.H3N/c1-5-13-22(14-6-1)21-26(23-15-7-2-8-16-23,24-17-9-3-10-18-24)25-19-11-4-12-20-25;;/h1-20,26H,21H2;1H;1H3. The topological polar surface area (TPSA) is 35.0 Å². The fraction of sp³-hybridized carbons (Fsp3) is 0.0400. The fourth-order valence-corrected chi connectivity index (χ4v) is 8.62. The molecule has 0 aliphatic heterocycles. The SMILES string of the molecule is Cl.N.c1ccc(C[PH](c2ccccc2)(c2ccccc2)c2ccccc2)cc1. The van der Waals surface area contributed by atoms with E-state index in [0.717, 1.165) is 6.16 Å². The van der Waals surface area contributed by atoms with Crippen molar-refractivity contribution in [3.8, 4) is 0 Å². The second-order valence-electron chi connectivity index (χ2n) is 6.67. The molecule has 0 heterocycles. The second-order valence-corrected chi connectivity index (χ2v) is 10.6. The molecule has 0 radical (unpaired) electrons. The summed E-state index contributed by atoms with van der Waals surface area (Å²) in [4.78, 5) is 0. The second kappa shape index (κ2) is 10.2. The van der Waals surface area contributed by atoms with E-state index in [-0.39, 0.29) is 18.6 Å². The quantitative estimate of drug-likeness (QED) is 0.436. The fourth-order valence-electron chi connectivity index (χ4n) is 3.88. The summed E-state index contributed by atoms with van der Waals surface area (Å²) >= 11 is 0. The van der Waals surface area contributed by atoms with E-state index in [0.29, 0.717) is 0 Å². The van der Waals surface area contributed by atoms with Crippen LogP contribution >= 0.6 is 19.7 Å². The molecule has 144 valence electrons. The monoisotopic (exact) mass is 407 g/mol. The molecule has 0 aromatic heterocycles.